The Bertz CT molecular complexity index is 1680. The smallest absolute Gasteiger partial charge is 0.337 e. The van der Waals surface area contributed by atoms with Gasteiger partial charge in [-0.3, -0.25) is 9.59 Å². The van der Waals surface area contributed by atoms with Crippen molar-refractivity contribution in [2.75, 3.05) is 0 Å². The van der Waals surface area contributed by atoms with Gasteiger partial charge in [-0.15, -0.1) is 0 Å². The van der Waals surface area contributed by atoms with Crippen LogP contribution >= 0.6 is 0 Å². The van der Waals surface area contributed by atoms with E-state index in [9.17, 15) is 29.4 Å². The summed E-state index contributed by atoms with van der Waals surface area (Å²) in [5.74, 6) is -3.87. The molecular weight excluding hydrogens is 536 g/mol. The fourth-order valence-electron chi connectivity index (χ4n) is 5.50. The molecule has 0 aromatic heterocycles. The molecule has 212 valence electrons. The number of carbonyl (C=O) groups excluding carboxylic acids is 2. The van der Waals surface area contributed by atoms with E-state index < -0.39 is 46.5 Å². The SMILES string of the molecule is NC(=O)c1c(C(=O)O)ccc(C(=O)N(Cc2cccc(Oc3ccccc3)c2)[C@H]2CCCc3ccccc32)c1C(=O)O. The van der Waals surface area contributed by atoms with Crippen molar-refractivity contribution in [1.29, 1.82) is 0 Å². The van der Waals surface area contributed by atoms with E-state index in [0.29, 0.717) is 17.9 Å². The highest BCUT2D eigenvalue weighted by atomic mass is 16.5. The second-order valence-electron chi connectivity index (χ2n) is 9.99. The molecule has 4 aromatic carbocycles. The number of benzene rings is 4. The Balaban J connectivity index is 1.61. The van der Waals surface area contributed by atoms with Gasteiger partial charge in [0.15, 0.2) is 0 Å². The molecule has 1 aliphatic rings. The summed E-state index contributed by atoms with van der Waals surface area (Å²) < 4.78 is 5.99. The summed E-state index contributed by atoms with van der Waals surface area (Å²) in [6.45, 7) is 0.0927. The van der Waals surface area contributed by atoms with Crippen LogP contribution < -0.4 is 10.5 Å². The number of carbonyl (C=O) groups is 4. The Kier molecular flexibility index (Phi) is 8.01. The molecule has 0 aliphatic heterocycles. The van der Waals surface area contributed by atoms with E-state index in [1.165, 1.54) is 0 Å². The number of carboxylic acid groups (broad SMARTS) is 2. The van der Waals surface area contributed by atoms with Crippen LogP contribution in [0.25, 0.3) is 0 Å². The Morgan fingerprint density at radius 2 is 1.48 bits per heavy atom. The Morgan fingerprint density at radius 1 is 0.786 bits per heavy atom. The Hall–Kier alpha value is -5.44. The summed E-state index contributed by atoms with van der Waals surface area (Å²) in [5, 5.41) is 19.7. The monoisotopic (exact) mass is 564 g/mol. The van der Waals surface area contributed by atoms with E-state index in [2.05, 4.69) is 0 Å². The van der Waals surface area contributed by atoms with Crippen LogP contribution in [0, 0.1) is 0 Å². The molecule has 4 aromatic rings. The van der Waals surface area contributed by atoms with Gasteiger partial charge in [-0.05, 0) is 72.4 Å². The van der Waals surface area contributed by atoms with E-state index >= 15 is 0 Å². The number of hydrogen-bond acceptors (Lipinski definition) is 5. The van der Waals surface area contributed by atoms with Crippen molar-refractivity contribution in [2.24, 2.45) is 5.73 Å². The topological polar surface area (TPSA) is 147 Å². The third kappa shape index (κ3) is 5.71. The van der Waals surface area contributed by atoms with E-state index in [4.69, 9.17) is 10.5 Å². The summed E-state index contributed by atoms with van der Waals surface area (Å²) in [5.41, 5.74) is 5.85. The normalized spacial score (nSPS) is 14.0. The molecule has 9 heteroatoms. The second kappa shape index (κ2) is 12.0. The number of aromatic carboxylic acids is 2. The minimum Gasteiger partial charge on any atom is -0.478 e. The Morgan fingerprint density at radius 3 is 2.19 bits per heavy atom. The first-order chi connectivity index (χ1) is 20.2. The Labute approximate surface area is 241 Å². The van der Waals surface area contributed by atoms with Gasteiger partial charge < -0.3 is 25.6 Å². The number of aryl methyl sites for hydroxylation is 1. The molecule has 0 bridgehead atoms. The average Bonchev–Trinajstić information content (AvgIpc) is 2.99. The van der Waals surface area contributed by atoms with Gasteiger partial charge in [0.1, 0.15) is 11.5 Å². The predicted molar refractivity (Wildman–Crippen MR) is 154 cm³/mol. The number of para-hydroxylation sites is 1. The highest BCUT2D eigenvalue weighted by Crippen LogP contribution is 2.37. The van der Waals surface area contributed by atoms with Crippen molar-refractivity contribution in [3.63, 3.8) is 0 Å². The fraction of sp³-hybridized carbons (Fsp3) is 0.152. The minimum absolute atomic E-state index is 0.0927. The number of ether oxygens (including phenoxy) is 1. The zero-order valence-electron chi connectivity index (χ0n) is 22.5. The first-order valence-electron chi connectivity index (χ1n) is 13.4. The second-order valence-corrected chi connectivity index (χ2v) is 9.99. The quantitative estimate of drug-likeness (QED) is 0.236. The average molecular weight is 565 g/mol. The summed E-state index contributed by atoms with van der Waals surface area (Å²) in [6.07, 6.45) is 2.27. The lowest BCUT2D eigenvalue weighted by molar-refractivity contribution is 0.0612. The van der Waals surface area contributed by atoms with Gasteiger partial charge in [-0.25, -0.2) is 9.59 Å². The van der Waals surface area contributed by atoms with Gasteiger partial charge in [0.25, 0.3) is 5.91 Å². The van der Waals surface area contributed by atoms with Crippen molar-refractivity contribution < 1.29 is 34.1 Å². The molecule has 0 heterocycles. The number of hydrogen-bond donors (Lipinski definition) is 3. The van der Waals surface area contributed by atoms with Crippen LogP contribution in [0.4, 0.5) is 0 Å². The molecule has 1 aliphatic carbocycles. The van der Waals surface area contributed by atoms with Crippen molar-refractivity contribution in [3.05, 3.63) is 130 Å². The molecule has 9 nitrogen and oxygen atoms in total. The number of nitrogens with zero attached hydrogens (tertiary/aromatic N) is 1. The largest absolute Gasteiger partial charge is 0.478 e. The number of primary amides is 1. The van der Waals surface area contributed by atoms with E-state index in [0.717, 1.165) is 41.7 Å². The summed E-state index contributed by atoms with van der Waals surface area (Å²) >= 11 is 0. The van der Waals surface area contributed by atoms with Gasteiger partial charge in [-0.1, -0.05) is 54.6 Å². The van der Waals surface area contributed by atoms with Gasteiger partial charge in [-0.2, -0.15) is 0 Å². The zero-order valence-corrected chi connectivity index (χ0v) is 22.5. The van der Waals surface area contributed by atoms with Crippen LogP contribution in [0.5, 0.6) is 11.5 Å². The van der Waals surface area contributed by atoms with Gasteiger partial charge in [0.2, 0.25) is 5.91 Å². The summed E-state index contributed by atoms with van der Waals surface area (Å²) in [6, 6.07) is 26.1. The molecule has 4 N–H and O–H groups in total. The lowest BCUT2D eigenvalue weighted by atomic mass is 9.86. The van der Waals surface area contributed by atoms with Crippen molar-refractivity contribution in [3.8, 4) is 11.5 Å². The molecule has 0 saturated carbocycles. The highest BCUT2D eigenvalue weighted by Gasteiger charge is 2.35. The van der Waals surface area contributed by atoms with E-state index in [1.807, 2.05) is 66.7 Å². The highest BCUT2D eigenvalue weighted by molar-refractivity contribution is 6.16. The number of nitrogens with two attached hydrogens (primary N) is 1. The molecule has 42 heavy (non-hydrogen) atoms. The maximum Gasteiger partial charge on any atom is 0.337 e. The van der Waals surface area contributed by atoms with Crippen molar-refractivity contribution in [1.82, 2.24) is 4.90 Å². The zero-order chi connectivity index (χ0) is 29.8. The van der Waals surface area contributed by atoms with Crippen LogP contribution in [0.15, 0.2) is 91.0 Å². The maximum absolute atomic E-state index is 14.3. The minimum atomic E-state index is -1.63. The van der Waals surface area contributed by atoms with Crippen LogP contribution in [0.2, 0.25) is 0 Å². The number of amides is 2. The van der Waals surface area contributed by atoms with Gasteiger partial charge >= 0.3 is 11.9 Å². The molecule has 0 spiro atoms. The third-order valence-electron chi connectivity index (χ3n) is 7.33. The number of carboxylic acids is 2. The van der Waals surface area contributed by atoms with Crippen LogP contribution in [-0.2, 0) is 13.0 Å². The van der Waals surface area contributed by atoms with E-state index in [1.54, 1.807) is 17.0 Å². The van der Waals surface area contributed by atoms with E-state index in [-0.39, 0.29) is 12.1 Å². The third-order valence-corrected chi connectivity index (χ3v) is 7.33. The number of fused-ring (bicyclic) bond motifs is 1. The predicted octanol–water partition coefficient (Wildman–Crippen LogP) is 5.69. The molecule has 2 amide bonds. The van der Waals surface area contributed by atoms with Crippen LogP contribution in [-0.4, -0.2) is 38.9 Å². The number of rotatable bonds is 9. The molecule has 0 saturated heterocycles. The summed E-state index contributed by atoms with van der Waals surface area (Å²) in [4.78, 5) is 52.4. The molecule has 1 atom stereocenters. The van der Waals surface area contributed by atoms with Gasteiger partial charge in [0.05, 0.1) is 28.3 Å². The van der Waals surface area contributed by atoms with Gasteiger partial charge in [0, 0.05) is 6.54 Å². The lowest BCUT2D eigenvalue weighted by Crippen LogP contribution is -2.37. The first-order valence-corrected chi connectivity index (χ1v) is 13.4. The molecule has 0 fully saturated rings. The first kappa shape index (κ1) is 28.1. The van der Waals surface area contributed by atoms with Crippen LogP contribution in [0.3, 0.4) is 0 Å². The molecular formula is C33H28N2O7. The summed E-state index contributed by atoms with van der Waals surface area (Å²) in [7, 11) is 0. The molecule has 0 unspecified atom stereocenters. The standard InChI is InChI=1S/C33H28N2O7/c34-30(36)28-26(32(38)39)17-16-25(29(28)33(40)41)31(37)35(27-15-7-10-21-9-4-5-14-24(21)27)19-20-8-6-13-23(18-20)42-22-11-2-1-3-12-22/h1-6,8-9,11-14,16-18,27H,7,10,15,19H2,(H2,34,36)(H,38,39)(H,40,41)/t27-/m0/s1. The van der Waals surface area contributed by atoms with Crippen LogP contribution in [0.1, 0.15) is 77.0 Å². The van der Waals surface area contributed by atoms with Crippen molar-refractivity contribution in [2.45, 2.75) is 31.8 Å². The van der Waals surface area contributed by atoms with Crippen molar-refractivity contribution >= 4 is 23.8 Å². The molecule has 0 radical (unpaired) electrons. The fourth-order valence-corrected chi connectivity index (χ4v) is 5.50. The molecule has 5 rings (SSSR count). The maximum atomic E-state index is 14.3. The lowest BCUT2D eigenvalue weighted by Gasteiger charge is -2.36.